The van der Waals surface area contributed by atoms with Crippen LogP contribution in [-0.2, 0) is 6.42 Å². The van der Waals surface area contributed by atoms with Crippen LogP contribution < -0.4 is 0 Å². The number of phenols is 1. The second-order valence-electron chi connectivity index (χ2n) is 6.66. The molecule has 0 aliphatic carbocycles. The van der Waals surface area contributed by atoms with Gasteiger partial charge in [-0.3, -0.25) is 0 Å². The Labute approximate surface area is 148 Å². The van der Waals surface area contributed by atoms with Crippen molar-refractivity contribution in [2.75, 3.05) is 0 Å². The Bertz CT molecular complexity index is 835. The summed E-state index contributed by atoms with van der Waals surface area (Å²) in [5.41, 5.74) is 4.50. The molecule has 0 aromatic heterocycles. The zero-order valence-corrected chi connectivity index (χ0v) is 14.7. The van der Waals surface area contributed by atoms with Crippen molar-refractivity contribution in [3.63, 3.8) is 0 Å². The Balaban J connectivity index is 1.84. The molecule has 1 N–H and O–H groups in total. The zero-order chi connectivity index (χ0) is 17.8. The minimum atomic E-state index is -0.258. The van der Waals surface area contributed by atoms with Gasteiger partial charge in [-0.05, 0) is 52.8 Å². The number of phenolic OH excluding ortho intramolecular Hbond substituents is 1. The molecule has 128 valence electrons. The summed E-state index contributed by atoms with van der Waals surface area (Å²) in [4.78, 5) is 0. The Morgan fingerprint density at radius 3 is 2.04 bits per heavy atom. The highest BCUT2D eigenvalue weighted by atomic mass is 19.1. The van der Waals surface area contributed by atoms with Gasteiger partial charge in [-0.1, -0.05) is 68.8 Å². The van der Waals surface area contributed by atoms with Crippen molar-refractivity contribution >= 4 is 0 Å². The molecule has 0 unspecified atom stereocenters. The van der Waals surface area contributed by atoms with E-state index in [9.17, 15) is 9.50 Å². The lowest BCUT2D eigenvalue weighted by atomic mass is 9.96. The van der Waals surface area contributed by atoms with Gasteiger partial charge in [-0.15, -0.1) is 0 Å². The number of hydrogen-bond donors (Lipinski definition) is 1. The molecule has 0 saturated carbocycles. The van der Waals surface area contributed by atoms with Gasteiger partial charge in [0.1, 0.15) is 11.6 Å². The van der Waals surface area contributed by atoms with E-state index in [2.05, 4.69) is 38.1 Å². The molecule has 3 rings (SSSR count). The molecule has 0 radical (unpaired) electrons. The van der Waals surface area contributed by atoms with Gasteiger partial charge in [-0.25, -0.2) is 4.39 Å². The lowest BCUT2D eigenvalue weighted by Gasteiger charge is -2.10. The zero-order valence-electron chi connectivity index (χ0n) is 14.7. The van der Waals surface area contributed by atoms with Gasteiger partial charge in [0.25, 0.3) is 0 Å². The van der Waals surface area contributed by atoms with Crippen molar-refractivity contribution in [3.8, 4) is 28.0 Å². The van der Waals surface area contributed by atoms with E-state index in [0.29, 0.717) is 11.5 Å². The summed E-state index contributed by atoms with van der Waals surface area (Å²) in [5.74, 6) is 0.595. The third-order valence-corrected chi connectivity index (χ3v) is 4.72. The topological polar surface area (TPSA) is 20.2 Å². The number of hydrogen-bond acceptors (Lipinski definition) is 1. The predicted octanol–water partition coefficient (Wildman–Crippen LogP) is 6.45. The third-order valence-electron chi connectivity index (χ3n) is 4.72. The summed E-state index contributed by atoms with van der Waals surface area (Å²) in [6.45, 7) is 4.46. The lowest BCUT2D eigenvalue weighted by Crippen LogP contribution is -1.97. The largest absolute Gasteiger partial charge is 0.508 e. The standard InChI is InChI=1S/C23H23FO/c1-3-16(2)14-17-4-6-18(7-5-17)20-10-13-22(23(24)15-20)19-8-11-21(25)12-9-19/h4-13,15-16,25H,3,14H2,1-2H3/t16-/m0/s1. The molecule has 0 bridgehead atoms. The molecular weight excluding hydrogens is 311 g/mol. The smallest absolute Gasteiger partial charge is 0.131 e. The van der Waals surface area contributed by atoms with Crippen molar-refractivity contribution in [3.05, 3.63) is 78.1 Å². The Hall–Kier alpha value is -2.61. The van der Waals surface area contributed by atoms with Gasteiger partial charge in [0, 0.05) is 5.56 Å². The molecule has 1 nitrogen and oxygen atoms in total. The van der Waals surface area contributed by atoms with E-state index in [4.69, 9.17) is 0 Å². The molecule has 2 heteroatoms. The SMILES string of the molecule is CC[C@H](C)Cc1ccc(-c2ccc(-c3ccc(O)cc3)c(F)c2)cc1. The third kappa shape index (κ3) is 4.08. The molecular formula is C23H23FO. The van der Waals surface area contributed by atoms with Crippen LogP contribution >= 0.6 is 0 Å². The Kier molecular flexibility index (Phi) is 5.18. The van der Waals surface area contributed by atoms with Crippen molar-refractivity contribution in [1.29, 1.82) is 0 Å². The normalized spacial score (nSPS) is 12.1. The Morgan fingerprint density at radius 2 is 1.44 bits per heavy atom. The van der Waals surface area contributed by atoms with Crippen molar-refractivity contribution < 1.29 is 9.50 Å². The maximum atomic E-state index is 14.6. The average molecular weight is 334 g/mol. The van der Waals surface area contributed by atoms with E-state index in [1.54, 1.807) is 36.4 Å². The van der Waals surface area contributed by atoms with Crippen LogP contribution in [0.3, 0.4) is 0 Å². The van der Waals surface area contributed by atoms with Gasteiger partial charge in [0.15, 0.2) is 0 Å². The fourth-order valence-corrected chi connectivity index (χ4v) is 2.95. The van der Waals surface area contributed by atoms with Crippen LogP contribution in [0.4, 0.5) is 4.39 Å². The number of aromatic hydroxyl groups is 1. The van der Waals surface area contributed by atoms with E-state index >= 15 is 0 Å². The minimum Gasteiger partial charge on any atom is -0.508 e. The van der Waals surface area contributed by atoms with E-state index in [0.717, 1.165) is 23.1 Å². The molecule has 0 amide bonds. The summed E-state index contributed by atoms with van der Waals surface area (Å²) < 4.78 is 14.6. The summed E-state index contributed by atoms with van der Waals surface area (Å²) in [6, 6.07) is 20.3. The van der Waals surface area contributed by atoms with Crippen molar-refractivity contribution in [2.45, 2.75) is 26.7 Å². The molecule has 0 spiro atoms. The van der Waals surface area contributed by atoms with Crippen molar-refractivity contribution in [2.24, 2.45) is 5.92 Å². The maximum absolute atomic E-state index is 14.6. The first-order valence-corrected chi connectivity index (χ1v) is 8.75. The maximum Gasteiger partial charge on any atom is 0.131 e. The van der Waals surface area contributed by atoms with Crippen LogP contribution in [0.5, 0.6) is 5.75 Å². The molecule has 3 aromatic carbocycles. The lowest BCUT2D eigenvalue weighted by molar-refractivity contribution is 0.475. The van der Waals surface area contributed by atoms with Crippen LogP contribution in [0, 0.1) is 11.7 Å². The van der Waals surface area contributed by atoms with E-state index in [1.807, 2.05) is 6.07 Å². The molecule has 25 heavy (non-hydrogen) atoms. The minimum absolute atomic E-state index is 0.179. The predicted molar refractivity (Wildman–Crippen MR) is 102 cm³/mol. The molecule has 0 heterocycles. The summed E-state index contributed by atoms with van der Waals surface area (Å²) >= 11 is 0. The number of benzene rings is 3. The molecule has 1 atom stereocenters. The molecule has 3 aromatic rings. The van der Waals surface area contributed by atoms with Crippen molar-refractivity contribution in [1.82, 2.24) is 0 Å². The van der Waals surface area contributed by atoms with Gasteiger partial charge < -0.3 is 5.11 Å². The fourth-order valence-electron chi connectivity index (χ4n) is 2.95. The van der Waals surface area contributed by atoms with Crippen LogP contribution in [0.25, 0.3) is 22.3 Å². The second kappa shape index (κ2) is 7.52. The first-order chi connectivity index (χ1) is 12.1. The van der Waals surface area contributed by atoms with Crippen LogP contribution in [0.2, 0.25) is 0 Å². The van der Waals surface area contributed by atoms with Gasteiger partial charge in [0.2, 0.25) is 0 Å². The highest BCUT2D eigenvalue weighted by Gasteiger charge is 2.08. The highest BCUT2D eigenvalue weighted by Crippen LogP contribution is 2.29. The average Bonchev–Trinajstić information content (AvgIpc) is 2.63. The summed E-state index contributed by atoms with van der Waals surface area (Å²) in [7, 11) is 0. The fraction of sp³-hybridized carbons (Fsp3) is 0.217. The van der Waals surface area contributed by atoms with E-state index in [1.165, 1.54) is 12.0 Å². The van der Waals surface area contributed by atoms with E-state index < -0.39 is 0 Å². The molecule has 0 fully saturated rings. The second-order valence-corrected chi connectivity index (χ2v) is 6.66. The van der Waals surface area contributed by atoms with Crippen LogP contribution in [-0.4, -0.2) is 5.11 Å². The monoisotopic (exact) mass is 334 g/mol. The molecule has 0 aliphatic heterocycles. The summed E-state index contributed by atoms with van der Waals surface area (Å²) in [6.07, 6.45) is 2.25. The van der Waals surface area contributed by atoms with Gasteiger partial charge in [0.05, 0.1) is 0 Å². The first-order valence-electron chi connectivity index (χ1n) is 8.75. The van der Waals surface area contributed by atoms with Crippen LogP contribution in [0.1, 0.15) is 25.8 Å². The number of rotatable bonds is 5. The Morgan fingerprint density at radius 1 is 0.840 bits per heavy atom. The quantitative estimate of drug-likeness (QED) is 0.568. The van der Waals surface area contributed by atoms with Gasteiger partial charge >= 0.3 is 0 Å². The van der Waals surface area contributed by atoms with E-state index in [-0.39, 0.29) is 11.6 Å². The highest BCUT2D eigenvalue weighted by molar-refractivity contribution is 5.71. The van der Waals surface area contributed by atoms with Crippen LogP contribution in [0.15, 0.2) is 66.7 Å². The molecule has 0 saturated heterocycles. The summed E-state index contributed by atoms with van der Waals surface area (Å²) in [5, 5.41) is 9.36. The van der Waals surface area contributed by atoms with Gasteiger partial charge in [-0.2, -0.15) is 0 Å². The first kappa shape index (κ1) is 17.2. The molecule has 0 aliphatic rings. The number of halogens is 1.